The highest BCUT2D eigenvalue weighted by Gasteiger charge is 2.34. The zero-order chi connectivity index (χ0) is 17.3. The molecule has 136 valence electrons. The molecule has 23 heavy (non-hydrogen) atoms. The number of aliphatic imine (C=N–C) groups is 1. The Morgan fingerprint density at radius 1 is 1.35 bits per heavy atom. The van der Waals surface area contributed by atoms with Gasteiger partial charge >= 0.3 is 6.18 Å². The topological polar surface area (TPSA) is 48.9 Å². The van der Waals surface area contributed by atoms with Crippen molar-refractivity contribution in [3.63, 3.8) is 0 Å². The number of halogens is 3. The van der Waals surface area contributed by atoms with Crippen LogP contribution in [-0.2, 0) is 4.74 Å². The molecule has 1 aliphatic heterocycles. The Bertz CT molecular complexity index is 361. The minimum atomic E-state index is -4.14. The van der Waals surface area contributed by atoms with Crippen LogP contribution in [0, 0.1) is 5.92 Å². The van der Waals surface area contributed by atoms with Crippen LogP contribution in [0.4, 0.5) is 13.2 Å². The maximum Gasteiger partial charge on any atom is 0.401 e. The minimum Gasteiger partial charge on any atom is -0.380 e. The van der Waals surface area contributed by atoms with E-state index in [0.717, 1.165) is 13.0 Å². The van der Waals surface area contributed by atoms with E-state index in [1.54, 1.807) is 7.05 Å². The lowest BCUT2D eigenvalue weighted by molar-refractivity contribution is -0.143. The molecule has 1 aliphatic rings. The molecule has 1 fully saturated rings. The van der Waals surface area contributed by atoms with E-state index in [2.05, 4.69) is 29.5 Å². The Hall–Kier alpha value is -1.02. The molecule has 2 N–H and O–H groups in total. The van der Waals surface area contributed by atoms with Crippen molar-refractivity contribution in [3.05, 3.63) is 0 Å². The molecule has 1 unspecified atom stereocenters. The van der Waals surface area contributed by atoms with Gasteiger partial charge in [-0.2, -0.15) is 13.2 Å². The molecular weight excluding hydrogens is 309 g/mol. The number of nitrogens with zero attached hydrogens (tertiary/aromatic N) is 2. The molecule has 5 nitrogen and oxygen atoms in total. The van der Waals surface area contributed by atoms with Crippen LogP contribution in [-0.4, -0.2) is 69.5 Å². The molecule has 0 spiro atoms. The number of hydrogen-bond acceptors (Lipinski definition) is 3. The van der Waals surface area contributed by atoms with Crippen LogP contribution >= 0.6 is 0 Å². The quantitative estimate of drug-likeness (QED) is 0.403. The third-order valence-corrected chi connectivity index (χ3v) is 3.62. The van der Waals surface area contributed by atoms with Gasteiger partial charge in [0.15, 0.2) is 5.96 Å². The number of guanidine groups is 1. The van der Waals surface area contributed by atoms with Crippen molar-refractivity contribution in [1.82, 2.24) is 15.5 Å². The van der Waals surface area contributed by atoms with Crippen molar-refractivity contribution >= 4 is 5.96 Å². The molecule has 0 aromatic carbocycles. The number of likely N-dealkylation sites (tertiary alicyclic amines) is 1. The van der Waals surface area contributed by atoms with E-state index in [1.807, 2.05) is 0 Å². The van der Waals surface area contributed by atoms with Gasteiger partial charge in [0.2, 0.25) is 0 Å². The first-order valence-corrected chi connectivity index (χ1v) is 8.14. The molecule has 1 heterocycles. The summed E-state index contributed by atoms with van der Waals surface area (Å²) in [5.41, 5.74) is 0. The van der Waals surface area contributed by atoms with E-state index in [9.17, 15) is 13.2 Å². The van der Waals surface area contributed by atoms with E-state index in [-0.39, 0.29) is 6.04 Å². The van der Waals surface area contributed by atoms with Crippen LogP contribution in [0.1, 0.15) is 26.7 Å². The number of rotatable bonds is 8. The normalized spacial score (nSPS) is 20.3. The van der Waals surface area contributed by atoms with Gasteiger partial charge in [0.25, 0.3) is 0 Å². The predicted molar refractivity (Wildman–Crippen MR) is 85.7 cm³/mol. The van der Waals surface area contributed by atoms with Crippen molar-refractivity contribution in [2.75, 3.05) is 46.4 Å². The van der Waals surface area contributed by atoms with Gasteiger partial charge in [-0.3, -0.25) is 9.89 Å². The van der Waals surface area contributed by atoms with Gasteiger partial charge in [-0.05, 0) is 18.8 Å². The molecule has 0 amide bonds. The fourth-order valence-corrected chi connectivity index (χ4v) is 2.40. The lowest BCUT2D eigenvalue weighted by atomic mass is 10.1. The summed E-state index contributed by atoms with van der Waals surface area (Å²) in [7, 11) is 1.65. The Morgan fingerprint density at radius 2 is 2.09 bits per heavy atom. The van der Waals surface area contributed by atoms with Crippen LogP contribution in [0.3, 0.4) is 0 Å². The number of ether oxygens (including phenoxy) is 1. The van der Waals surface area contributed by atoms with Gasteiger partial charge in [-0.25, -0.2) is 0 Å². The zero-order valence-electron chi connectivity index (χ0n) is 14.2. The highest BCUT2D eigenvalue weighted by Crippen LogP contribution is 2.19. The Labute approximate surface area is 136 Å². The molecule has 0 saturated carbocycles. The van der Waals surface area contributed by atoms with Crippen LogP contribution in [0.25, 0.3) is 0 Å². The fourth-order valence-electron chi connectivity index (χ4n) is 2.40. The molecule has 0 radical (unpaired) electrons. The van der Waals surface area contributed by atoms with Gasteiger partial charge in [-0.15, -0.1) is 0 Å². The second-order valence-corrected chi connectivity index (χ2v) is 6.27. The smallest absolute Gasteiger partial charge is 0.380 e. The summed E-state index contributed by atoms with van der Waals surface area (Å²) in [6.07, 6.45) is -2.42. The number of nitrogens with one attached hydrogen (secondary N) is 2. The summed E-state index contributed by atoms with van der Waals surface area (Å²) in [5.74, 6) is 1.23. The van der Waals surface area contributed by atoms with E-state index in [0.29, 0.717) is 44.5 Å². The standard InChI is InChI=1S/C15H29F3N4O/c1-12(2)5-8-23-9-6-20-14(19-3)21-13-4-7-22(10-13)11-15(16,17)18/h12-13H,4-11H2,1-3H3,(H2,19,20,21). The van der Waals surface area contributed by atoms with Gasteiger partial charge in [0.1, 0.15) is 0 Å². The van der Waals surface area contributed by atoms with Crippen molar-refractivity contribution in [1.29, 1.82) is 0 Å². The molecule has 0 aliphatic carbocycles. The Balaban J connectivity index is 2.17. The zero-order valence-corrected chi connectivity index (χ0v) is 14.2. The van der Waals surface area contributed by atoms with Gasteiger partial charge in [-0.1, -0.05) is 13.8 Å². The van der Waals surface area contributed by atoms with E-state index < -0.39 is 12.7 Å². The average molecular weight is 338 g/mol. The third kappa shape index (κ3) is 9.65. The van der Waals surface area contributed by atoms with E-state index >= 15 is 0 Å². The van der Waals surface area contributed by atoms with Crippen molar-refractivity contribution in [2.24, 2.45) is 10.9 Å². The first-order valence-electron chi connectivity index (χ1n) is 8.14. The molecule has 0 aromatic heterocycles. The summed E-state index contributed by atoms with van der Waals surface area (Å²) in [6.45, 7) is 6.22. The lowest BCUT2D eigenvalue weighted by Gasteiger charge is -2.19. The molecule has 8 heteroatoms. The summed E-state index contributed by atoms with van der Waals surface area (Å²) in [4.78, 5) is 5.51. The van der Waals surface area contributed by atoms with Crippen LogP contribution in [0.2, 0.25) is 0 Å². The van der Waals surface area contributed by atoms with Gasteiger partial charge in [0, 0.05) is 39.3 Å². The highest BCUT2D eigenvalue weighted by molar-refractivity contribution is 5.80. The highest BCUT2D eigenvalue weighted by atomic mass is 19.4. The maximum atomic E-state index is 12.4. The Kier molecular flexibility index (Phi) is 8.68. The first-order chi connectivity index (χ1) is 10.8. The van der Waals surface area contributed by atoms with E-state index in [4.69, 9.17) is 4.74 Å². The average Bonchev–Trinajstić information content (AvgIpc) is 2.85. The van der Waals surface area contributed by atoms with E-state index in [1.165, 1.54) is 4.90 Å². The second-order valence-electron chi connectivity index (χ2n) is 6.27. The third-order valence-electron chi connectivity index (χ3n) is 3.62. The fraction of sp³-hybridized carbons (Fsp3) is 0.933. The van der Waals surface area contributed by atoms with Crippen LogP contribution < -0.4 is 10.6 Å². The van der Waals surface area contributed by atoms with Crippen molar-refractivity contribution < 1.29 is 17.9 Å². The molecule has 0 bridgehead atoms. The summed E-state index contributed by atoms with van der Waals surface area (Å²) in [6, 6.07) is -0.00888. The van der Waals surface area contributed by atoms with Crippen LogP contribution in [0.15, 0.2) is 4.99 Å². The molecule has 1 atom stereocenters. The number of hydrogen-bond donors (Lipinski definition) is 2. The monoisotopic (exact) mass is 338 g/mol. The van der Waals surface area contributed by atoms with Crippen molar-refractivity contribution in [2.45, 2.75) is 38.9 Å². The summed E-state index contributed by atoms with van der Waals surface area (Å²) >= 11 is 0. The van der Waals surface area contributed by atoms with Crippen molar-refractivity contribution in [3.8, 4) is 0 Å². The molecule has 1 rings (SSSR count). The van der Waals surface area contributed by atoms with Crippen LogP contribution in [0.5, 0.6) is 0 Å². The predicted octanol–water partition coefficient (Wildman–Crippen LogP) is 1.85. The first kappa shape index (κ1) is 20.0. The largest absolute Gasteiger partial charge is 0.401 e. The summed E-state index contributed by atoms with van der Waals surface area (Å²) in [5, 5.41) is 6.29. The molecule has 1 saturated heterocycles. The SMILES string of the molecule is CN=C(NCCOCCC(C)C)NC1CCN(CC(F)(F)F)C1. The molecule has 0 aromatic rings. The molecular formula is C15H29F3N4O. The van der Waals surface area contributed by atoms with Gasteiger partial charge in [0.05, 0.1) is 13.2 Å². The second kappa shape index (κ2) is 9.97. The summed E-state index contributed by atoms with van der Waals surface area (Å²) < 4.78 is 42.6. The Morgan fingerprint density at radius 3 is 2.70 bits per heavy atom. The lowest BCUT2D eigenvalue weighted by Crippen LogP contribution is -2.46. The minimum absolute atomic E-state index is 0.00888. The maximum absolute atomic E-state index is 12.4. The van der Waals surface area contributed by atoms with Gasteiger partial charge < -0.3 is 15.4 Å². The number of alkyl halides is 3.